The molecule has 1 aliphatic rings. The van der Waals surface area contributed by atoms with E-state index in [-0.39, 0.29) is 30.5 Å². The normalized spacial score (nSPS) is 16.1. The second-order valence-electron chi connectivity index (χ2n) is 2.07. The zero-order valence-electron chi connectivity index (χ0n) is 12.8. The predicted molar refractivity (Wildman–Crippen MR) is 89.3 cm³/mol. The molecule has 0 atom stereocenters. The van der Waals surface area contributed by atoms with Gasteiger partial charge in [0.15, 0.2) is 0 Å². The van der Waals surface area contributed by atoms with Gasteiger partial charge >= 0.3 is 22.2 Å². The first-order valence-electron chi connectivity index (χ1n) is 5.42. The molecule has 0 aromatic heterocycles. The molecule has 0 unspecified atom stereocenters. The van der Waals surface area contributed by atoms with Gasteiger partial charge in [0, 0.05) is 48.7 Å². The summed E-state index contributed by atoms with van der Waals surface area (Å²) in [6.07, 6.45) is 0. The molecular weight excluding hydrogens is 362 g/mol. The number of thioether (sulfide) groups is 2. The van der Waals surface area contributed by atoms with E-state index in [1.165, 1.54) is 0 Å². The van der Waals surface area contributed by atoms with Gasteiger partial charge in [0.1, 0.15) is 10.1 Å². The van der Waals surface area contributed by atoms with Crippen molar-refractivity contribution in [2.24, 2.45) is 9.98 Å². The average molecular weight is 389 g/mol. The summed E-state index contributed by atoms with van der Waals surface area (Å²) in [5.41, 5.74) is 0. The fourth-order valence-corrected chi connectivity index (χ4v) is 2.82. The number of nitrogens with zero attached hydrogens (tertiary/aromatic N) is 2. The molecule has 1 saturated heterocycles. The fourth-order valence-electron chi connectivity index (χ4n) is 0.721. The maximum atomic E-state index is 7.57. The molecule has 0 spiro atoms. The van der Waals surface area contributed by atoms with Gasteiger partial charge in [-0.15, -0.1) is 23.5 Å². The van der Waals surface area contributed by atoms with Gasteiger partial charge in [-0.2, -0.15) is 0 Å². The molecule has 0 aromatic rings. The van der Waals surface area contributed by atoms with Crippen molar-refractivity contribution in [2.75, 3.05) is 32.2 Å². The van der Waals surface area contributed by atoms with Gasteiger partial charge < -0.3 is 12.5 Å². The van der Waals surface area contributed by atoms with Crippen LogP contribution in [-0.4, -0.2) is 52.6 Å². The Labute approximate surface area is 147 Å². The Bertz CT molecular complexity index is 198. The van der Waals surface area contributed by atoms with Crippen LogP contribution in [0, 0.1) is 7.43 Å². The molecule has 1 heterocycles. The van der Waals surface area contributed by atoms with Gasteiger partial charge in [-0.1, -0.05) is 13.8 Å². The van der Waals surface area contributed by atoms with Crippen LogP contribution in [0.25, 0.3) is 0 Å². The fraction of sp³-hybridized carbons (Fsp3) is 0.667. The summed E-state index contributed by atoms with van der Waals surface area (Å²) >= 11 is 5.65. The topological polar surface area (TPSA) is 45.0 Å². The van der Waals surface area contributed by atoms with Crippen LogP contribution in [0.5, 0.6) is 0 Å². The molecule has 0 amide bonds. The molecule has 0 aliphatic carbocycles. The summed E-state index contributed by atoms with van der Waals surface area (Å²) < 4.78 is 0. The minimum atomic E-state index is 0. The zero-order chi connectivity index (χ0) is 14.1. The molecule has 3 nitrogen and oxygen atoms in total. The number of rotatable bonds is 0. The van der Waals surface area contributed by atoms with Crippen LogP contribution in [0.15, 0.2) is 9.98 Å². The number of aliphatic hydroxyl groups excluding tert-OH is 1. The molecule has 0 bridgehead atoms. The van der Waals surface area contributed by atoms with Crippen molar-refractivity contribution in [3.05, 3.63) is 7.43 Å². The number of hydrogen-bond donors (Lipinski definition) is 1. The van der Waals surface area contributed by atoms with Crippen molar-refractivity contribution in [3.63, 3.8) is 0 Å². The molecule has 0 aromatic carbocycles. The van der Waals surface area contributed by atoms with Gasteiger partial charge in [-0.05, 0) is 6.92 Å². The number of aliphatic imine (C=N–C) groups is 2. The van der Waals surface area contributed by atoms with Crippen molar-refractivity contribution in [1.82, 2.24) is 0 Å². The van der Waals surface area contributed by atoms with E-state index >= 15 is 0 Å². The molecule has 1 fully saturated rings. The number of aliphatic hydroxyl groups is 1. The Kier molecular flexibility index (Phi) is 52.9. The van der Waals surface area contributed by atoms with Crippen LogP contribution in [-0.2, 0) is 33.5 Å². The summed E-state index contributed by atoms with van der Waals surface area (Å²) in [4.78, 5) is 8.26. The van der Waals surface area contributed by atoms with Gasteiger partial charge in [-0.25, -0.2) is 0 Å². The number of hydrogen-bond acceptors (Lipinski definition) is 5. The predicted octanol–water partition coefficient (Wildman–Crippen LogP) is 2.96. The molecule has 119 valence electrons. The van der Waals surface area contributed by atoms with Gasteiger partial charge in [0.05, 0.1) is 0 Å². The SMILES string of the molecule is CC.CCO.CN=C1SCCSC1=NC.[CH2]=[V].[CH3-].[Ni]. The summed E-state index contributed by atoms with van der Waals surface area (Å²) in [6, 6.07) is 0. The molecule has 1 rings (SSSR count). The molecule has 7 heteroatoms. The molecule has 0 saturated carbocycles. The van der Waals surface area contributed by atoms with Gasteiger partial charge in [0.2, 0.25) is 0 Å². The molecule has 1 N–H and O–H groups in total. The maximum absolute atomic E-state index is 7.57. The maximum Gasteiger partial charge on any atom is 0 e. The minimum Gasteiger partial charge on any atom is -0.358 e. The van der Waals surface area contributed by atoms with E-state index < -0.39 is 0 Å². The van der Waals surface area contributed by atoms with E-state index in [1.54, 1.807) is 30.4 Å². The van der Waals surface area contributed by atoms with E-state index in [0.29, 0.717) is 0 Å². The van der Waals surface area contributed by atoms with Crippen LogP contribution < -0.4 is 0 Å². The Morgan fingerprint density at radius 3 is 1.47 bits per heavy atom. The third-order valence-electron chi connectivity index (χ3n) is 1.15. The molecule has 19 heavy (non-hydrogen) atoms. The Morgan fingerprint density at radius 1 is 1.11 bits per heavy atom. The van der Waals surface area contributed by atoms with Crippen LogP contribution in [0.4, 0.5) is 0 Å². The van der Waals surface area contributed by atoms with E-state index in [0.717, 1.165) is 21.6 Å². The second-order valence-corrected chi connectivity index (χ2v) is 4.24. The third kappa shape index (κ3) is 21.4. The summed E-state index contributed by atoms with van der Waals surface area (Å²) in [5.74, 6) is 2.33. The van der Waals surface area contributed by atoms with Crippen LogP contribution in [0.2, 0.25) is 0 Å². The van der Waals surface area contributed by atoms with E-state index in [9.17, 15) is 0 Å². The van der Waals surface area contributed by atoms with Crippen LogP contribution in [0.3, 0.4) is 0 Å². The first-order chi connectivity index (χ1) is 8.29. The van der Waals surface area contributed by atoms with Crippen molar-refractivity contribution >= 4 is 38.8 Å². The standard InChI is InChI=1S/C6H10N2S2.C2H6O.C2H6.CH3.CH2.Ni.V/c1-7-5-6(8-2)10-4-3-9-5;1-2-3;1-2;;;;/h3-4H2,1-2H3;3H,2H2,1H3;1-2H3;1H3;1H2;;/q;;;-1;;;. The van der Waals surface area contributed by atoms with Crippen molar-refractivity contribution in [2.45, 2.75) is 20.8 Å². The largest absolute Gasteiger partial charge is 0.358 e. The Morgan fingerprint density at radius 2 is 1.32 bits per heavy atom. The van der Waals surface area contributed by atoms with E-state index in [1.807, 2.05) is 27.9 Å². The van der Waals surface area contributed by atoms with E-state index in [4.69, 9.17) is 5.11 Å². The van der Waals surface area contributed by atoms with E-state index in [2.05, 4.69) is 32.2 Å². The van der Waals surface area contributed by atoms with Crippen molar-refractivity contribution in [1.29, 1.82) is 0 Å². The Balaban J connectivity index is -0.0000000632. The zero-order valence-corrected chi connectivity index (χ0v) is 16.8. The van der Waals surface area contributed by atoms with Gasteiger partial charge in [-0.3, -0.25) is 9.98 Å². The molecular formula is C12H27N2NiOS2V-. The monoisotopic (exact) mass is 388 g/mol. The third-order valence-corrected chi connectivity index (χ3v) is 3.65. The quantitative estimate of drug-likeness (QED) is 0.512. The van der Waals surface area contributed by atoms with Crippen molar-refractivity contribution < 1.29 is 38.6 Å². The smallest absolute Gasteiger partial charge is 0 e. The second kappa shape index (κ2) is 31.4. The average Bonchev–Trinajstić information content (AvgIpc) is 2.44. The van der Waals surface area contributed by atoms with Crippen LogP contribution in [0.1, 0.15) is 20.8 Å². The minimum absolute atomic E-state index is 0. The molecule has 1 aliphatic heterocycles. The first kappa shape index (κ1) is 32.1. The molecule has 0 radical (unpaired) electrons. The first-order valence-corrected chi connectivity index (χ1v) is 8.38. The summed E-state index contributed by atoms with van der Waals surface area (Å²) in [5, 5.41) is 12.9. The summed E-state index contributed by atoms with van der Waals surface area (Å²) in [6.45, 7) is 5.93. The Hall–Kier alpha value is 0.948. The van der Waals surface area contributed by atoms with Crippen LogP contribution >= 0.6 is 23.5 Å². The van der Waals surface area contributed by atoms with Gasteiger partial charge in [0.25, 0.3) is 0 Å². The van der Waals surface area contributed by atoms with Crippen molar-refractivity contribution in [3.8, 4) is 0 Å². The summed E-state index contributed by atoms with van der Waals surface area (Å²) in [7, 11) is 3.64.